The van der Waals surface area contributed by atoms with Crippen LogP contribution >= 0.6 is 0 Å². The summed E-state index contributed by atoms with van der Waals surface area (Å²) in [6, 6.07) is 5.59. The van der Waals surface area contributed by atoms with Crippen molar-refractivity contribution < 1.29 is 14.3 Å². The SMILES string of the molecule is CCCOCCn1c(=O)c(NCCC(=O)NC(C)C)nc2ncc(-c3ccc(OC)nc3)cc21. The normalized spacial score (nSPS) is 11.1. The number of fused-ring (bicyclic) bond motifs is 1. The fourth-order valence-electron chi connectivity index (χ4n) is 3.38. The van der Waals surface area contributed by atoms with Crippen molar-refractivity contribution in [1.82, 2.24) is 24.8 Å². The minimum Gasteiger partial charge on any atom is -0.481 e. The van der Waals surface area contributed by atoms with Crippen molar-refractivity contribution >= 4 is 22.9 Å². The highest BCUT2D eigenvalue weighted by molar-refractivity contribution is 5.79. The summed E-state index contributed by atoms with van der Waals surface area (Å²) in [5.74, 6) is 0.584. The molecule has 0 bridgehead atoms. The lowest BCUT2D eigenvalue weighted by atomic mass is 10.1. The maximum atomic E-state index is 13.3. The van der Waals surface area contributed by atoms with E-state index in [2.05, 4.69) is 25.6 Å². The molecule has 0 spiro atoms. The molecule has 0 fully saturated rings. The summed E-state index contributed by atoms with van der Waals surface area (Å²) in [7, 11) is 1.56. The van der Waals surface area contributed by atoms with Crippen LogP contribution in [0, 0.1) is 0 Å². The van der Waals surface area contributed by atoms with E-state index in [1.54, 1.807) is 30.1 Å². The first kappa shape index (κ1) is 25.1. The second-order valence-corrected chi connectivity index (χ2v) is 8.08. The smallest absolute Gasteiger partial charge is 0.293 e. The minimum atomic E-state index is -0.288. The Labute approximate surface area is 198 Å². The summed E-state index contributed by atoms with van der Waals surface area (Å²) in [6.45, 7) is 7.48. The zero-order valence-electron chi connectivity index (χ0n) is 20.1. The van der Waals surface area contributed by atoms with E-state index in [1.165, 1.54) is 0 Å². The predicted octanol–water partition coefficient (Wildman–Crippen LogP) is 2.62. The highest BCUT2D eigenvalue weighted by Gasteiger charge is 2.14. The average molecular weight is 469 g/mol. The lowest BCUT2D eigenvalue weighted by Gasteiger charge is -2.14. The molecule has 0 aliphatic rings. The van der Waals surface area contributed by atoms with Crippen LogP contribution < -0.4 is 20.9 Å². The Morgan fingerprint density at radius 2 is 1.94 bits per heavy atom. The van der Waals surface area contributed by atoms with Crippen molar-refractivity contribution in [3.63, 3.8) is 0 Å². The van der Waals surface area contributed by atoms with Crippen LogP contribution in [0.1, 0.15) is 33.6 Å². The summed E-state index contributed by atoms with van der Waals surface area (Å²) >= 11 is 0. The molecule has 10 heteroatoms. The van der Waals surface area contributed by atoms with Gasteiger partial charge in [0.1, 0.15) is 0 Å². The summed E-state index contributed by atoms with van der Waals surface area (Å²) in [5, 5.41) is 5.83. The molecule has 34 heavy (non-hydrogen) atoms. The molecule has 2 N–H and O–H groups in total. The molecule has 0 aliphatic heterocycles. The Kier molecular flexibility index (Phi) is 8.92. The Hall–Kier alpha value is -3.53. The van der Waals surface area contributed by atoms with Crippen LogP contribution in [-0.2, 0) is 16.1 Å². The Morgan fingerprint density at radius 1 is 1.15 bits per heavy atom. The third-order valence-corrected chi connectivity index (χ3v) is 4.98. The van der Waals surface area contributed by atoms with Gasteiger partial charge < -0.3 is 20.1 Å². The number of carbonyl (C=O) groups excluding carboxylic acids is 1. The van der Waals surface area contributed by atoms with Gasteiger partial charge in [-0.05, 0) is 32.4 Å². The quantitative estimate of drug-likeness (QED) is 0.389. The van der Waals surface area contributed by atoms with Gasteiger partial charge >= 0.3 is 0 Å². The number of aromatic nitrogens is 4. The average Bonchev–Trinajstić information content (AvgIpc) is 2.83. The van der Waals surface area contributed by atoms with E-state index in [4.69, 9.17) is 9.47 Å². The van der Waals surface area contributed by atoms with E-state index in [0.717, 1.165) is 17.5 Å². The Balaban J connectivity index is 1.92. The molecule has 0 aromatic carbocycles. The zero-order valence-corrected chi connectivity index (χ0v) is 20.1. The van der Waals surface area contributed by atoms with E-state index in [9.17, 15) is 9.59 Å². The van der Waals surface area contributed by atoms with Gasteiger partial charge in [-0.2, -0.15) is 0 Å². The first-order valence-electron chi connectivity index (χ1n) is 11.4. The van der Waals surface area contributed by atoms with E-state index in [-0.39, 0.29) is 36.3 Å². The number of hydrogen-bond donors (Lipinski definition) is 2. The standard InChI is InChI=1S/C24H32N6O4/c1-5-11-34-12-10-30-19-13-18(17-6-7-21(33-4)26-14-17)15-27-22(19)29-23(24(30)32)25-9-8-20(31)28-16(2)3/h6-7,13-16H,5,8-12H2,1-4H3,(H,28,31)(H,25,27,29). The number of amides is 1. The first-order valence-corrected chi connectivity index (χ1v) is 11.4. The van der Waals surface area contributed by atoms with Crippen LogP contribution in [0.4, 0.5) is 5.82 Å². The van der Waals surface area contributed by atoms with Gasteiger partial charge in [-0.3, -0.25) is 14.2 Å². The summed E-state index contributed by atoms with van der Waals surface area (Å²) < 4.78 is 12.4. The maximum absolute atomic E-state index is 13.3. The topological polar surface area (TPSA) is 120 Å². The molecule has 3 aromatic rings. The van der Waals surface area contributed by atoms with Gasteiger partial charge in [0.15, 0.2) is 11.5 Å². The van der Waals surface area contributed by atoms with Crippen molar-refractivity contribution in [3.05, 3.63) is 40.9 Å². The first-order chi connectivity index (χ1) is 16.4. The molecule has 3 aromatic heterocycles. The number of ether oxygens (including phenoxy) is 2. The number of nitrogens with zero attached hydrogens (tertiary/aromatic N) is 4. The largest absolute Gasteiger partial charge is 0.481 e. The third-order valence-electron chi connectivity index (χ3n) is 4.98. The molecule has 0 aliphatic carbocycles. The molecule has 0 saturated heterocycles. The second kappa shape index (κ2) is 12.1. The summed E-state index contributed by atoms with van der Waals surface area (Å²) in [4.78, 5) is 38.4. The molecule has 182 valence electrons. The highest BCUT2D eigenvalue weighted by Crippen LogP contribution is 2.23. The van der Waals surface area contributed by atoms with Crippen LogP contribution in [-0.4, -0.2) is 58.3 Å². The molecule has 1 amide bonds. The summed E-state index contributed by atoms with van der Waals surface area (Å²) in [5.41, 5.74) is 2.38. The van der Waals surface area contributed by atoms with Gasteiger partial charge in [0.25, 0.3) is 5.56 Å². The van der Waals surface area contributed by atoms with Crippen molar-refractivity contribution in [2.24, 2.45) is 0 Å². The number of pyridine rings is 2. The van der Waals surface area contributed by atoms with Crippen LogP contribution in [0.15, 0.2) is 35.4 Å². The van der Waals surface area contributed by atoms with Crippen molar-refractivity contribution in [1.29, 1.82) is 0 Å². The van der Waals surface area contributed by atoms with Crippen molar-refractivity contribution in [2.75, 3.05) is 32.2 Å². The van der Waals surface area contributed by atoms with E-state index >= 15 is 0 Å². The Bertz CT molecular complexity index is 1160. The maximum Gasteiger partial charge on any atom is 0.293 e. The van der Waals surface area contributed by atoms with Crippen LogP contribution in [0.5, 0.6) is 5.88 Å². The number of nitrogens with one attached hydrogen (secondary N) is 2. The number of carbonyl (C=O) groups is 1. The molecule has 3 heterocycles. The fourth-order valence-corrected chi connectivity index (χ4v) is 3.38. The minimum absolute atomic E-state index is 0.0611. The van der Waals surface area contributed by atoms with Gasteiger partial charge in [0.05, 0.1) is 19.2 Å². The van der Waals surface area contributed by atoms with Gasteiger partial charge in [-0.25, -0.2) is 15.0 Å². The van der Waals surface area contributed by atoms with Gasteiger partial charge in [0.2, 0.25) is 11.8 Å². The molecule has 3 rings (SSSR count). The third kappa shape index (κ3) is 6.50. The lowest BCUT2D eigenvalue weighted by Crippen LogP contribution is -2.32. The molecule has 0 atom stereocenters. The van der Waals surface area contributed by atoms with Crippen LogP contribution in [0.25, 0.3) is 22.3 Å². The number of rotatable bonds is 12. The highest BCUT2D eigenvalue weighted by atomic mass is 16.5. The molecule has 0 saturated carbocycles. The number of methoxy groups -OCH3 is 1. The predicted molar refractivity (Wildman–Crippen MR) is 131 cm³/mol. The van der Waals surface area contributed by atoms with Crippen LogP contribution in [0.3, 0.4) is 0 Å². The molecule has 0 radical (unpaired) electrons. The molecule has 10 nitrogen and oxygen atoms in total. The zero-order chi connectivity index (χ0) is 24.5. The van der Waals surface area contributed by atoms with Gasteiger partial charge in [0, 0.05) is 61.7 Å². The van der Waals surface area contributed by atoms with Crippen LogP contribution in [0.2, 0.25) is 0 Å². The van der Waals surface area contributed by atoms with E-state index < -0.39 is 0 Å². The van der Waals surface area contributed by atoms with Gasteiger partial charge in [-0.1, -0.05) is 6.92 Å². The van der Waals surface area contributed by atoms with Gasteiger partial charge in [-0.15, -0.1) is 0 Å². The van der Waals surface area contributed by atoms with Crippen molar-refractivity contribution in [3.8, 4) is 17.0 Å². The number of anilines is 1. The summed E-state index contributed by atoms with van der Waals surface area (Å²) in [6.07, 6.45) is 4.52. The van der Waals surface area contributed by atoms with E-state index in [0.29, 0.717) is 36.8 Å². The fraction of sp³-hybridized carbons (Fsp3) is 0.458. The van der Waals surface area contributed by atoms with E-state index in [1.807, 2.05) is 32.9 Å². The monoisotopic (exact) mass is 468 g/mol. The second-order valence-electron chi connectivity index (χ2n) is 8.08. The molecular weight excluding hydrogens is 436 g/mol. The number of hydrogen-bond acceptors (Lipinski definition) is 8. The molecule has 0 unspecified atom stereocenters. The Morgan fingerprint density at radius 3 is 2.62 bits per heavy atom. The lowest BCUT2D eigenvalue weighted by molar-refractivity contribution is -0.121. The van der Waals surface area contributed by atoms with Crippen molar-refractivity contribution in [2.45, 2.75) is 46.2 Å². The molecular formula is C24H32N6O4.